The van der Waals surface area contributed by atoms with Crippen LogP contribution in [-0.2, 0) is 11.2 Å². The van der Waals surface area contributed by atoms with Crippen LogP contribution < -0.4 is 10.1 Å². The second-order valence-corrected chi connectivity index (χ2v) is 7.74. The molecule has 2 N–H and O–H groups in total. The normalized spacial score (nSPS) is 11.0. The molecule has 170 valence electrons. The molecule has 0 aliphatic rings. The van der Waals surface area contributed by atoms with E-state index in [2.05, 4.69) is 16.4 Å². The van der Waals surface area contributed by atoms with Crippen LogP contribution in [0.15, 0.2) is 53.1 Å². The van der Waals surface area contributed by atoms with Crippen molar-refractivity contribution in [3.8, 4) is 11.8 Å². The van der Waals surface area contributed by atoms with Crippen molar-refractivity contribution in [2.45, 2.75) is 26.2 Å². The van der Waals surface area contributed by atoms with Gasteiger partial charge in [-0.05, 0) is 68.6 Å². The van der Waals surface area contributed by atoms with E-state index in [1.807, 2.05) is 36.5 Å². The molecule has 7 nitrogen and oxygen atoms in total. The summed E-state index contributed by atoms with van der Waals surface area (Å²) in [6.45, 7) is 4.19. The standard InChI is InChI=1S/C26H27N3O4/c1-2-31-26(30)25-15-21-23(7-5-8-24(21)33-25)32-13-12-28-11-4-3-6-19-17-29-22-10-9-18(16-27)14-20(19)22/h5,7-10,14-15,17,28-29H,2-4,6,11-13H2,1H3. The van der Waals surface area contributed by atoms with Crippen molar-refractivity contribution >= 4 is 27.8 Å². The Hall–Kier alpha value is -3.76. The number of esters is 1. The van der Waals surface area contributed by atoms with E-state index < -0.39 is 5.97 Å². The first-order valence-electron chi connectivity index (χ1n) is 11.2. The molecule has 2 heterocycles. The van der Waals surface area contributed by atoms with Crippen molar-refractivity contribution in [1.82, 2.24) is 10.3 Å². The minimum atomic E-state index is -0.473. The van der Waals surface area contributed by atoms with Crippen molar-refractivity contribution in [3.63, 3.8) is 0 Å². The molecule has 0 radical (unpaired) electrons. The van der Waals surface area contributed by atoms with E-state index in [0.29, 0.717) is 30.1 Å². The fourth-order valence-corrected chi connectivity index (χ4v) is 3.84. The number of carbonyl (C=O) groups excluding carboxylic acids is 1. The predicted octanol–water partition coefficient (Wildman–Crippen LogP) is 4.95. The van der Waals surface area contributed by atoms with Crippen LogP contribution in [0.25, 0.3) is 21.9 Å². The lowest BCUT2D eigenvalue weighted by molar-refractivity contribution is 0.0492. The molecule has 0 saturated carbocycles. The van der Waals surface area contributed by atoms with Gasteiger partial charge in [-0.15, -0.1) is 0 Å². The fourth-order valence-electron chi connectivity index (χ4n) is 3.84. The van der Waals surface area contributed by atoms with E-state index in [0.717, 1.165) is 48.6 Å². The third-order valence-electron chi connectivity index (χ3n) is 5.48. The Bertz CT molecular complexity index is 1280. The van der Waals surface area contributed by atoms with Gasteiger partial charge in [0, 0.05) is 29.7 Å². The lowest BCUT2D eigenvalue weighted by Crippen LogP contribution is -2.22. The minimum absolute atomic E-state index is 0.181. The summed E-state index contributed by atoms with van der Waals surface area (Å²) in [6, 6.07) is 15.1. The number of benzene rings is 2. The van der Waals surface area contributed by atoms with Crippen LogP contribution in [0.4, 0.5) is 0 Å². The number of aryl methyl sites for hydroxylation is 1. The Balaban J connectivity index is 1.19. The van der Waals surface area contributed by atoms with Crippen LogP contribution in [-0.4, -0.2) is 37.3 Å². The smallest absolute Gasteiger partial charge is 0.374 e. The summed E-state index contributed by atoms with van der Waals surface area (Å²) in [4.78, 5) is 15.2. The van der Waals surface area contributed by atoms with Crippen LogP contribution >= 0.6 is 0 Å². The van der Waals surface area contributed by atoms with Gasteiger partial charge in [-0.2, -0.15) is 5.26 Å². The number of ether oxygens (including phenoxy) is 2. The maximum atomic E-state index is 11.9. The summed E-state index contributed by atoms with van der Waals surface area (Å²) < 4.78 is 16.5. The summed E-state index contributed by atoms with van der Waals surface area (Å²) in [6.07, 6.45) is 5.11. The molecule has 33 heavy (non-hydrogen) atoms. The van der Waals surface area contributed by atoms with E-state index in [1.165, 1.54) is 5.56 Å². The highest BCUT2D eigenvalue weighted by Crippen LogP contribution is 2.29. The van der Waals surface area contributed by atoms with Crippen molar-refractivity contribution in [3.05, 3.63) is 65.5 Å². The maximum absolute atomic E-state index is 11.9. The number of rotatable bonds is 11. The quantitative estimate of drug-likeness (QED) is 0.250. The molecule has 0 saturated heterocycles. The summed E-state index contributed by atoms with van der Waals surface area (Å²) in [5.74, 6) is 0.393. The first-order chi connectivity index (χ1) is 16.2. The average molecular weight is 446 g/mol. The van der Waals surface area contributed by atoms with E-state index in [9.17, 15) is 4.79 Å². The van der Waals surface area contributed by atoms with Gasteiger partial charge >= 0.3 is 5.97 Å². The Morgan fingerprint density at radius 1 is 1.15 bits per heavy atom. The second-order valence-electron chi connectivity index (χ2n) is 7.74. The number of furan rings is 1. The molecule has 0 atom stereocenters. The molecule has 2 aromatic heterocycles. The number of aromatic amines is 1. The summed E-state index contributed by atoms with van der Waals surface area (Å²) in [5, 5.41) is 14.4. The molecule has 0 aliphatic carbocycles. The highest BCUT2D eigenvalue weighted by Gasteiger charge is 2.15. The summed E-state index contributed by atoms with van der Waals surface area (Å²) in [5.41, 5.74) is 3.61. The van der Waals surface area contributed by atoms with Gasteiger partial charge in [0.05, 0.1) is 23.6 Å². The largest absolute Gasteiger partial charge is 0.491 e. The number of nitrogens with zero attached hydrogens (tertiary/aromatic N) is 1. The number of nitriles is 1. The van der Waals surface area contributed by atoms with Gasteiger partial charge in [-0.25, -0.2) is 4.79 Å². The molecule has 0 aliphatic heterocycles. The second kappa shape index (κ2) is 10.7. The SMILES string of the molecule is CCOC(=O)c1cc2c(OCCNCCCCc3c[nH]c4ccc(C#N)cc34)cccc2o1. The zero-order chi connectivity index (χ0) is 23.0. The molecule has 0 unspecified atom stereocenters. The zero-order valence-corrected chi connectivity index (χ0v) is 18.6. The zero-order valence-electron chi connectivity index (χ0n) is 18.6. The molecule has 4 aromatic rings. The monoisotopic (exact) mass is 445 g/mol. The van der Waals surface area contributed by atoms with Crippen LogP contribution in [0.3, 0.4) is 0 Å². The third-order valence-corrected chi connectivity index (χ3v) is 5.48. The van der Waals surface area contributed by atoms with Crippen LogP contribution in [0.1, 0.15) is 41.4 Å². The number of hydrogen-bond donors (Lipinski definition) is 2. The van der Waals surface area contributed by atoms with Gasteiger partial charge in [0.2, 0.25) is 5.76 Å². The average Bonchev–Trinajstić information content (AvgIpc) is 3.45. The Morgan fingerprint density at radius 2 is 2.06 bits per heavy atom. The van der Waals surface area contributed by atoms with E-state index in [1.54, 1.807) is 19.1 Å². The van der Waals surface area contributed by atoms with Crippen LogP contribution in [0.5, 0.6) is 5.75 Å². The highest BCUT2D eigenvalue weighted by molar-refractivity contribution is 5.94. The molecule has 0 spiro atoms. The lowest BCUT2D eigenvalue weighted by Gasteiger charge is -2.08. The van der Waals surface area contributed by atoms with Crippen molar-refractivity contribution in [1.29, 1.82) is 5.26 Å². The topological polar surface area (TPSA) is 100 Å². The Kier molecular flexibility index (Phi) is 7.28. The third kappa shape index (κ3) is 5.36. The number of hydrogen-bond acceptors (Lipinski definition) is 6. The molecule has 4 rings (SSSR count). The fraction of sp³-hybridized carbons (Fsp3) is 0.308. The number of H-pyrrole nitrogens is 1. The van der Waals surface area contributed by atoms with Gasteiger partial charge in [-0.1, -0.05) is 6.07 Å². The number of aromatic nitrogens is 1. The molecular weight excluding hydrogens is 418 g/mol. The molecule has 7 heteroatoms. The van der Waals surface area contributed by atoms with E-state index in [-0.39, 0.29) is 5.76 Å². The number of unbranched alkanes of at least 4 members (excludes halogenated alkanes) is 1. The first kappa shape index (κ1) is 22.4. The number of fused-ring (bicyclic) bond motifs is 2. The van der Waals surface area contributed by atoms with Crippen molar-refractivity contribution < 1.29 is 18.7 Å². The maximum Gasteiger partial charge on any atom is 0.374 e. The van der Waals surface area contributed by atoms with Crippen molar-refractivity contribution in [2.24, 2.45) is 0 Å². The van der Waals surface area contributed by atoms with E-state index >= 15 is 0 Å². The summed E-state index contributed by atoms with van der Waals surface area (Å²) in [7, 11) is 0. The molecule has 0 bridgehead atoms. The predicted molar refractivity (Wildman–Crippen MR) is 126 cm³/mol. The van der Waals surface area contributed by atoms with Gasteiger partial charge in [0.1, 0.15) is 17.9 Å². The van der Waals surface area contributed by atoms with Gasteiger partial charge < -0.3 is 24.2 Å². The minimum Gasteiger partial charge on any atom is -0.491 e. The van der Waals surface area contributed by atoms with Crippen molar-refractivity contribution in [2.75, 3.05) is 26.3 Å². The van der Waals surface area contributed by atoms with Gasteiger partial charge in [0.15, 0.2) is 0 Å². The Morgan fingerprint density at radius 3 is 2.91 bits per heavy atom. The van der Waals surface area contributed by atoms with Gasteiger partial charge in [-0.3, -0.25) is 0 Å². The van der Waals surface area contributed by atoms with Crippen LogP contribution in [0.2, 0.25) is 0 Å². The summed E-state index contributed by atoms with van der Waals surface area (Å²) >= 11 is 0. The van der Waals surface area contributed by atoms with Gasteiger partial charge in [0.25, 0.3) is 0 Å². The molecule has 2 aromatic carbocycles. The molecule has 0 fully saturated rings. The molecule has 0 amide bonds. The van der Waals surface area contributed by atoms with E-state index in [4.69, 9.17) is 19.2 Å². The first-order valence-corrected chi connectivity index (χ1v) is 11.2. The van der Waals surface area contributed by atoms with Crippen LogP contribution in [0, 0.1) is 11.3 Å². The lowest BCUT2D eigenvalue weighted by atomic mass is 10.1. The number of carbonyl (C=O) groups is 1. The number of nitrogens with one attached hydrogen (secondary N) is 2. The molecular formula is C26H27N3O4. The highest BCUT2D eigenvalue weighted by atomic mass is 16.5. The Labute approximate surface area is 192 Å².